The van der Waals surface area contributed by atoms with Crippen LogP contribution in [0.3, 0.4) is 0 Å². The average Bonchev–Trinajstić information content (AvgIpc) is 4.11. The van der Waals surface area contributed by atoms with Crippen LogP contribution in [0.15, 0.2) is 170 Å². The van der Waals surface area contributed by atoms with Crippen LogP contribution in [0.25, 0.3) is 72.3 Å². The Labute approximate surface area is 383 Å². The number of rotatable bonds is 7. The van der Waals surface area contributed by atoms with Crippen molar-refractivity contribution in [2.24, 2.45) is 0 Å². The standard InChI is InChI=1S/C54H39N5O.Pt/c1-3-14-37(15-4-1)43-22-12-23-44(38-16-5-2-6-17-38)53(43)58-36-57(50-25-9-10-26-51(50)58)40-18-11-20-41(34-40)60-42-28-30-46-45-21-7-8-24-49(45)59(52(46)35-42)54-47-29-27-39-19-13-33-56(39)48(47)31-32-55-54;/h1-12,14-18,20-26,28,30-32,39H,13,19,27,29,33H2;/q-2;/i1D,2D,3D,4D,5D,6D,14D,15D,16D,17D;. The summed E-state index contributed by atoms with van der Waals surface area (Å²) in [5.41, 5.74) is 6.22. The molecule has 10 aromatic rings. The number of hydrogen-bond donors (Lipinski definition) is 0. The smallest absolute Gasteiger partial charge is 0.268 e. The first-order valence-corrected chi connectivity index (χ1v) is 20.0. The zero-order valence-corrected chi connectivity index (χ0v) is 34.7. The van der Waals surface area contributed by atoms with Crippen LogP contribution in [-0.2, 0) is 27.5 Å². The van der Waals surface area contributed by atoms with Crippen LogP contribution < -0.4 is 14.2 Å². The second-order valence-electron chi connectivity index (χ2n) is 15.1. The van der Waals surface area contributed by atoms with Gasteiger partial charge in [-0.25, -0.2) is 4.98 Å². The molecule has 2 aliphatic rings. The van der Waals surface area contributed by atoms with E-state index >= 15 is 0 Å². The molecule has 5 heterocycles. The Morgan fingerprint density at radius 2 is 1.41 bits per heavy atom. The van der Waals surface area contributed by atoms with E-state index in [1.165, 1.54) is 24.1 Å². The van der Waals surface area contributed by atoms with Crippen LogP contribution in [0.4, 0.5) is 5.69 Å². The first-order valence-electron chi connectivity index (χ1n) is 25.0. The maximum absolute atomic E-state index is 9.01. The van der Waals surface area contributed by atoms with Gasteiger partial charge in [0.1, 0.15) is 5.82 Å². The second-order valence-corrected chi connectivity index (χ2v) is 15.1. The van der Waals surface area contributed by atoms with Gasteiger partial charge >= 0.3 is 0 Å². The number of nitrogens with zero attached hydrogens (tertiary/aromatic N) is 5. The van der Waals surface area contributed by atoms with Crippen molar-refractivity contribution in [3.63, 3.8) is 0 Å². The zero-order valence-electron chi connectivity index (χ0n) is 42.5. The van der Waals surface area contributed by atoms with Gasteiger partial charge in [0.15, 0.2) is 0 Å². The third kappa shape index (κ3) is 6.28. The van der Waals surface area contributed by atoms with Crippen molar-refractivity contribution in [2.45, 2.75) is 31.7 Å². The molecule has 7 heteroatoms. The number of benzene rings is 7. The van der Waals surface area contributed by atoms with E-state index in [4.69, 9.17) is 23.4 Å². The minimum absolute atomic E-state index is 0. The van der Waals surface area contributed by atoms with Gasteiger partial charge in [-0.3, -0.25) is 4.57 Å². The summed E-state index contributed by atoms with van der Waals surface area (Å²) in [4.78, 5) is 7.56. The van der Waals surface area contributed by atoms with E-state index in [0.29, 0.717) is 34.3 Å². The summed E-state index contributed by atoms with van der Waals surface area (Å²) in [6.45, 7) is 1.05. The minimum atomic E-state index is -0.567. The molecular weight excluding hydrogens is 930 g/mol. The van der Waals surface area contributed by atoms with Gasteiger partial charge in [-0.2, -0.15) is 18.2 Å². The van der Waals surface area contributed by atoms with Crippen LogP contribution in [0.1, 0.15) is 38.5 Å². The van der Waals surface area contributed by atoms with Crippen LogP contribution in [-0.4, -0.2) is 26.7 Å². The molecule has 12 rings (SSSR count). The van der Waals surface area contributed by atoms with E-state index in [0.717, 1.165) is 47.0 Å². The molecule has 7 aromatic carbocycles. The Morgan fingerprint density at radius 1 is 0.689 bits per heavy atom. The van der Waals surface area contributed by atoms with Crippen LogP contribution in [0.2, 0.25) is 0 Å². The van der Waals surface area contributed by atoms with Gasteiger partial charge < -0.3 is 18.8 Å². The van der Waals surface area contributed by atoms with Crippen molar-refractivity contribution in [2.75, 3.05) is 11.4 Å². The van der Waals surface area contributed by atoms with Crippen LogP contribution in [0.5, 0.6) is 11.5 Å². The van der Waals surface area contributed by atoms with Crippen molar-refractivity contribution in [3.05, 3.63) is 194 Å². The second kappa shape index (κ2) is 15.4. The number of fused-ring (bicyclic) bond motifs is 7. The molecule has 0 radical (unpaired) electrons. The predicted octanol–water partition coefficient (Wildman–Crippen LogP) is 11.8. The Morgan fingerprint density at radius 3 is 2.21 bits per heavy atom. The van der Waals surface area contributed by atoms with E-state index in [1.54, 1.807) is 33.4 Å². The number of anilines is 1. The Bertz CT molecular complexity index is 3710. The van der Waals surface area contributed by atoms with Gasteiger partial charge in [0.2, 0.25) is 0 Å². The number of hydrogen-bond acceptors (Lipinski definition) is 3. The molecule has 1 atom stereocenters. The molecule has 0 saturated carbocycles. The van der Waals surface area contributed by atoms with Gasteiger partial charge in [0.05, 0.1) is 30.4 Å². The SMILES string of the molecule is [2H]c1c([2H])c([2H])c(-c2cccc(-c3c([2H])c([2H])c([2H])c([2H])c3[2H])c2-[n+]2[c-]n(-c3[c-]c(Oc4[c-]c5c(cc4)c4ccccc4n5-c4nccc5c4CCC4CCCN54)ccc3)c3ccccc32)c([2H])c1[2H].[Pt]. The fourth-order valence-corrected chi connectivity index (χ4v) is 9.20. The van der Waals surface area contributed by atoms with Crippen molar-refractivity contribution < 1.29 is 44.1 Å². The van der Waals surface area contributed by atoms with E-state index in [9.17, 15) is 0 Å². The summed E-state index contributed by atoms with van der Waals surface area (Å²) in [6, 6.07) is 34.3. The monoisotopic (exact) mass is 978 g/mol. The molecule has 1 unspecified atom stereocenters. The summed E-state index contributed by atoms with van der Waals surface area (Å²) in [7, 11) is 0. The average molecular weight is 979 g/mol. The molecular formula is C54H39N5OPt-2. The van der Waals surface area contributed by atoms with Gasteiger partial charge in [-0.1, -0.05) is 127 Å². The van der Waals surface area contributed by atoms with E-state index in [-0.39, 0.29) is 49.0 Å². The van der Waals surface area contributed by atoms with E-state index in [2.05, 4.69) is 46.1 Å². The molecule has 0 bridgehead atoms. The Hall–Kier alpha value is -6.75. The number of pyridine rings is 1. The molecule has 0 N–H and O–H groups in total. The summed E-state index contributed by atoms with van der Waals surface area (Å²) < 4.78 is 99.1. The Kier molecular flexibility index (Phi) is 7.03. The summed E-state index contributed by atoms with van der Waals surface area (Å²) in [6.07, 6.45) is 9.75. The van der Waals surface area contributed by atoms with Gasteiger partial charge in [0.25, 0.3) is 6.33 Å². The van der Waals surface area contributed by atoms with Crippen molar-refractivity contribution >= 4 is 38.5 Å². The summed E-state index contributed by atoms with van der Waals surface area (Å²) >= 11 is 0. The molecule has 3 aromatic heterocycles. The van der Waals surface area contributed by atoms with Crippen molar-refractivity contribution in [3.8, 4) is 50.9 Å². The quantitative estimate of drug-likeness (QED) is 0.118. The fraction of sp³-hybridized carbons (Fsp3) is 0.111. The van der Waals surface area contributed by atoms with Gasteiger partial charge in [0, 0.05) is 68.1 Å². The minimum Gasteiger partial charge on any atom is -0.510 e. The number of aromatic nitrogens is 4. The summed E-state index contributed by atoms with van der Waals surface area (Å²) in [5.74, 6) is 1.73. The Balaban J connectivity index is 0.00000547. The third-order valence-electron chi connectivity index (χ3n) is 11.8. The van der Waals surface area contributed by atoms with E-state index in [1.807, 2.05) is 66.9 Å². The maximum atomic E-state index is 9.01. The number of ether oxygens (including phenoxy) is 1. The molecule has 298 valence electrons. The first kappa shape index (κ1) is 27.9. The largest absolute Gasteiger partial charge is 0.510 e. The topological polar surface area (TPSA) is 39.1 Å². The molecule has 6 nitrogen and oxygen atoms in total. The molecule has 1 saturated heterocycles. The fourth-order valence-electron chi connectivity index (χ4n) is 9.20. The third-order valence-corrected chi connectivity index (χ3v) is 11.8. The molecule has 61 heavy (non-hydrogen) atoms. The zero-order chi connectivity index (χ0) is 48.3. The van der Waals surface area contributed by atoms with Gasteiger partial charge in [-0.05, 0) is 71.1 Å². The molecule has 2 aliphatic heterocycles. The first-order chi connectivity index (χ1) is 33.9. The van der Waals surface area contributed by atoms with Crippen molar-refractivity contribution in [1.29, 1.82) is 0 Å². The van der Waals surface area contributed by atoms with Gasteiger partial charge in [-0.15, -0.1) is 29.7 Å². The van der Waals surface area contributed by atoms with Crippen LogP contribution >= 0.6 is 0 Å². The summed E-state index contributed by atoms with van der Waals surface area (Å²) in [5, 5.41) is 2.09. The number of para-hydroxylation sites is 4. The maximum Gasteiger partial charge on any atom is 0.268 e. The van der Waals surface area contributed by atoms with Crippen molar-refractivity contribution in [1.82, 2.24) is 14.1 Å². The molecule has 1 fully saturated rings. The molecule has 0 amide bonds. The predicted molar refractivity (Wildman–Crippen MR) is 240 cm³/mol. The van der Waals surface area contributed by atoms with E-state index < -0.39 is 60.4 Å². The number of imidazole rings is 1. The molecule has 0 spiro atoms. The van der Waals surface area contributed by atoms with Crippen LogP contribution in [0, 0.1) is 18.5 Å². The normalized spacial score (nSPS) is 16.9. The molecule has 0 aliphatic carbocycles.